The summed E-state index contributed by atoms with van der Waals surface area (Å²) in [5.74, 6) is 1.78. The number of rotatable bonds is 4. The van der Waals surface area contributed by atoms with Crippen LogP contribution < -0.4 is 10.1 Å². The monoisotopic (exact) mass is 371 g/mol. The quantitative estimate of drug-likeness (QED) is 0.895. The summed E-state index contributed by atoms with van der Waals surface area (Å²) in [4.78, 5) is 16.5. The van der Waals surface area contributed by atoms with Crippen molar-refractivity contribution in [2.24, 2.45) is 0 Å². The zero-order chi connectivity index (χ0) is 19.0. The van der Waals surface area contributed by atoms with Crippen LogP contribution in [0.25, 0.3) is 11.0 Å². The van der Waals surface area contributed by atoms with Crippen molar-refractivity contribution in [3.05, 3.63) is 30.0 Å². The van der Waals surface area contributed by atoms with Crippen LogP contribution in [0, 0.1) is 0 Å². The minimum Gasteiger partial charge on any atom is -0.493 e. The fourth-order valence-corrected chi connectivity index (χ4v) is 4.80. The van der Waals surface area contributed by atoms with Gasteiger partial charge in [0.2, 0.25) is 5.91 Å². The number of methoxy groups -OCH3 is 1. The molecule has 0 saturated carbocycles. The van der Waals surface area contributed by atoms with Gasteiger partial charge in [-0.3, -0.25) is 9.69 Å². The van der Waals surface area contributed by atoms with E-state index in [0.29, 0.717) is 0 Å². The van der Waals surface area contributed by atoms with E-state index in [9.17, 15) is 4.79 Å². The number of para-hydroxylation sites is 1. The van der Waals surface area contributed by atoms with Crippen LogP contribution in [-0.4, -0.2) is 61.1 Å². The first kappa shape index (κ1) is 18.3. The van der Waals surface area contributed by atoms with Crippen molar-refractivity contribution in [2.75, 3.05) is 33.8 Å². The van der Waals surface area contributed by atoms with Gasteiger partial charge in [-0.25, -0.2) is 0 Å². The number of carbonyl (C=O) groups excluding carboxylic acids is 1. The molecule has 2 saturated heterocycles. The molecule has 6 heteroatoms. The maximum Gasteiger partial charge on any atom is 0.217 e. The summed E-state index contributed by atoms with van der Waals surface area (Å²) in [5.41, 5.74) is 0.952. The van der Waals surface area contributed by atoms with E-state index in [1.807, 2.05) is 12.1 Å². The van der Waals surface area contributed by atoms with Gasteiger partial charge in [0, 0.05) is 30.4 Å². The van der Waals surface area contributed by atoms with Crippen LogP contribution in [0.4, 0.5) is 0 Å². The highest BCUT2D eigenvalue weighted by molar-refractivity contribution is 5.83. The maximum absolute atomic E-state index is 11.6. The van der Waals surface area contributed by atoms with Gasteiger partial charge in [0.1, 0.15) is 5.76 Å². The molecular formula is C21H29N3O3. The van der Waals surface area contributed by atoms with E-state index in [1.54, 1.807) is 14.0 Å². The molecule has 146 valence electrons. The molecule has 0 aliphatic carbocycles. The van der Waals surface area contributed by atoms with Gasteiger partial charge < -0.3 is 19.4 Å². The lowest BCUT2D eigenvalue weighted by molar-refractivity contribution is -0.119. The predicted molar refractivity (Wildman–Crippen MR) is 105 cm³/mol. The van der Waals surface area contributed by atoms with Crippen molar-refractivity contribution in [1.29, 1.82) is 0 Å². The molecule has 0 bridgehead atoms. The molecule has 0 unspecified atom stereocenters. The van der Waals surface area contributed by atoms with Crippen LogP contribution in [0.15, 0.2) is 28.7 Å². The average Bonchev–Trinajstić information content (AvgIpc) is 3.18. The number of hydrogen-bond donors (Lipinski definition) is 1. The standard InChI is InChI=1S/C21H29N3O3/c1-15(25)22-17-12-21(7-9-23(2)10-8-21)24(13-17)14-18-11-16-5-4-6-19(26-3)20(16)27-18/h4-6,11,17H,7-10,12-14H2,1-3H3,(H,22,25)/t17-/m0/s1. The smallest absolute Gasteiger partial charge is 0.217 e. The molecule has 1 aromatic carbocycles. The third-order valence-corrected chi connectivity index (χ3v) is 6.19. The highest BCUT2D eigenvalue weighted by Gasteiger charge is 2.47. The summed E-state index contributed by atoms with van der Waals surface area (Å²) >= 11 is 0. The molecule has 6 nitrogen and oxygen atoms in total. The number of hydrogen-bond acceptors (Lipinski definition) is 5. The number of amides is 1. The zero-order valence-corrected chi connectivity index (χ0v) is 16.5. The van der Waals surface area contributed by atoms with Crippen LogP contribution in [0.5, 0.6) is 5.75 Å². The lowest BCUT2D eigenvalue weighted by atomic mass is 9.84. The Bertz CT molecular complexity index is 823. The number of carbonyl (C=O) groups is 1. The Hall–Kier alpha value is -2.05. The molecule has 1 spiro atoms. The Kier molecular flexibility index (Phi) is 4.86. The van der Waals surface area contributed by atoms with Crippen LogP contribution in [-0.2, 0) is 11.3 Å². The predicted octanol–water partition coefficient (Wildman–Crippen LogP) is 2.62. The fourth-order valence-electron chi connectivity index (χ4n) is 4.80. The number of nitrogens with zero attached hydrogens (tertiary/aromatic N) is 2. The lowest BCUT2D eigenvalue weighted by Gasteiger charge is -2.43. The summed E-state index contributed by atoms with van der Waals surface area (Å²) in [5, 5.41) is 4.21. The number of piperidine rings is 1. The SMILES string of the molecule is COc1cccc2cc(CN3C[C@@H](NC(C)=O)CC34CCN(C)CC4)oc12. The summed E-state index contributed by atoms with van der Waals surface area (Å²) in [6.45, 7) is 5.43. The highest BCUT2D eigenvalue weighted by atomic mass is 16.5. The first-order valence-corrected chi connectivity index (χ1v) is 9.75. The van der Waals surface area contributed by atoms with E-state index in [0.717, 1.165) is 67.9 Å². The Labute approximate surface area is 160 Å². The number of fused-ring (bicyclic) bond motifs is 1. The average molecular weight is 371 g/mol. The normalized spacial score (nSPS) is 23.1. The molecule has 2 aromatic rings. The molecule has 1 amide bonds. The number of nitrogens with one attached hydrogen (secondary N) is 1. The minimum atomic E-state index is 0.0541. The molecule has 2 fully saturated rings. The van der Waals surface area contributed by atoms with Gasteiger partial charge in [-0.05, 0) is 51.5 Å². The first-order valence-electron chi connectivity index (χ1n) is 9.75. The van der Waals surface area contributed by atoms with E-state index < -0.39 is 0 Å². The second kappa shape index (κ2) is 7.17. The molecule has 1 aromatic heterocycles. The van der Waals surface area contributed by atoms with Crippen molar-refractivity contribution in [2.45, 2.75) is 44.3 Å². The molecule has 0 radical (unpaired) electrons. The van der Waals surface area contributed by atoms with E-state index in [1.165, 1.54) is 0 Å². The molecule has 2 aliphatic heterocycles. The molecule has 1 atom stereocenters. The third-order valence-electron chi connectivity index (χ3n) is 6.19. The largest absolute Gasteiger partial charge is 0.493 e. The van der Waals surface area contributed by atoms with Crippen molar-refractivity contribution in [3.8, 4) is 5.75 Å². The van der Waals surface area contributed by atoms with Crippen molar-refractivity contribution >= 4 is 16.9 Å². The summed E-state index contributed by atoms with van der Waals surface area (Å²) in [6.07, 6.45) is 3.27. The zero-order valence-electron chi connectivity index (χ0n) is 16.5. The van der Waals surface area contributed by atoms with E-state index >= 15 is 0 Å². The molecular weight excluding hydrogens is 342 g/mol. The minimum absolute atomic E-state index is 0.0541. The van der Waals surface area contributed by atoms with E-state index in [4.69, 9.17) is 9.15 Å². The number of benzene rings is 1. The molecule has 2 aliphatic rings. The van der Waals surface area contributed by atoms with Gasteiger partial charge in [0.05, 0.1) is 13.7 Å². The lowest BCUT2D eigenvalue weighted by Crippen LogP contribution is -2.50. The highest BCUT2D eigenvalue weighted by Crippen LogP contribution is 2.40. The molecule has 4 rings (SSSR count). The van der Waals surface area contributed by atoms with Crippen molar-refractivity contribution < 1.29 is 13.9 Å². The Morgan fingerprint density at radius 3 is 2.85 bits per heavy atom. The number of ether oxygens (including phenoxy) is 1. The van der Waals surface area contributed by atoms with E-state index in [-0.39, 0.29) is 17.5 Å². The second-order valence-corrected chi connectivity index (χ2v) is 8.10. The third kappa shape index (κ3) is 3.56. The first-order chi connectivity index (χ1) is 13.0. The van der Waals surface area contributed by atoms with Crippen LogP contribution >= 0.6 is 0 Å². The van der Waals surface area contributed by atoms with Gasteiger partial charge in [0.15, 0.2) is 11.3 Å². The second-order valence-electron chi connectivity index (χ2n) is 8.10. The van der Waals surface area contributed by atoms with Gasteiger partial charge in [0.25, 0.3) is 0 Å². The Morgan fingerprint density at radius 1 is 1.37 bits per heavy atom. The summed E-state index contributed by atoms with van der Waals surface area (Å²) < 4.78 is 11.6. The fraction of sp³-hybridized carbons (Fsp3) is 0.571. The van der Waals surface area contributed by atoms with Gasteiger partial charge in [-0.15, -0.1) is 0 Å². The molecule has 1 N–H and O–H groups in total. The molecule has 27 heavy (non-hydrogen) atoms. The van der Waals surface area contributed by atoms with Gasteiger partial charge in [-0.2, -0.15) is 0 Å². The van der Waals surface area contributed by atoms with Crippen molar-refractivity contribution in [3.63, 3.8) is 0 Å². The Morgan fingerprint density at radius 2 is 2.15 bits per heavy atom. The maximum atomic E-state index is 11.6. The Balaban J connectivity index is 1.59. The number of furan rings is 1. The van der Waals surface area contributed by atoms with Crippen LogP contribution in [0.1, 0.15) is 31.9 Å². The van der Waals surface area contributed by atoms with Crippen LogP contribution in [0.2, 0.25) is 0 Å². The van der Waals surface area contributed by atoms with Crippen molar-refractivity contribution in [1.82, 2.24) is 15.1 Å². The summed E-state index contributed by atoms with van der Waals surface area (Å²) in [6, 6.07) is 8.30. The topological polar surface area (TPSA) is 58.0 Å². The van der Waals surface area contributed by atoms with E-state index in [2.05, 4.69) is 34.3 Å². The van der Waals surface area contributed by atoms with Crippen LogP contribution in [0.3, 0.4) is 0 Å². The number of likely N-dealkylation sites (tertiary alicyclic amines) is 2. The van der Waals surface area contributed by atoms with Gasteiger partial charge in [-0.1, -0.05) is 12.1 Å². The molecule has 3 heterocycles. The van der Waals surface area contributed by atoms with Gasteiger partial charge >= 0.3 is 0 Å². The summed E-state index contributed by atoms with van der Waals surface area (Å²) in [7, 11) is 3.85.